The highest BCUT2D eigenvalue weighted by atomic mass is 16.1. The predicted molar refractivity (Wildman–Crippen MR) is 97.3 cm³/mol. The summed E-state index contributed by atoms with van der Waals surface area (Å²) in [5.41, 5.74) is 12.5. The molecule has 0 radical (unpaired) electrons. The lowest BCUT2D eigenvalue weighted by molar-refractivity contribution is -0.120. The molecule has 0 aliphatic heterocycles. The monoisotopic (exact) mass is 326 g/mol. The number of amides is 2. The van der Waals surface area contributed by atoms with E-state index in [4.69, 9.17) is 11.5 Å². The number of carbonyl (C=O) groups is 2. The summed E-state index contributed by atoms with van der Waals surface area (Å²) in [5, 5.41) is 0. The molecule has 0 heterocycles. The van der Waals surface area contributed by atoms with E-state index in [-0.39, 0.29) is 23.7 Å². The van der Waals surface area contributed by atoms with Gasteiger partial charge in [0, 0.05) is 0 Å². The van der Waals surface area contributed by atoms with Gasteiger partial charge in [0.05, 0.1) is 11.8 Å². The van der Waals surface area contributed by atoms with Crippen LogP contribution in [0.3, 0.4) is 0 Å². The average Bonchev–Trinajstić information content (AvgIpc) is 2.58. The summed E-state index contributed by atoms with van der Waals surface area (Å²) in [6, 6.07) is 19.2. The summed E-state index contributed by atoms with van der Waals surface area (Å²) >= 11 is 0. The van der Waals surface area contributed by atoms with Gasteiger partial charge in [-0.25, -0.2) is 0 Å². The minimum absolute atomic E-state index is 0.133. The van der Waals surface area contributed by atoms with Crippen molar-refractivity contribution in [1.82, 2.24) is 0 Å². The minimum Gasteiger partial charge on any atom is -0.369 e. The Hall–Kier alpha value is -2.62. The summed E-state index contributed by atoms with van der Waals surface area (Å²) in [7, 11) is 0. The molecule has 0 spiro atoms. The Balaban J connectivity index is 0.000000240. The first kappa shape index (κ1) is 19.4. The molecule has 4 heteroatoms. The van der Waals surface area contributed by atoms with Crippen molar-refractivity contribution in [3.8, 4) is 0 Å². The van der Waals surface area contributed by atoms with E-state index in [1.54, 1.807) is 0 Å². The number of rotatable bonds is 6. The summed E-state index contributed by atoms with van der Waals surface area (Å²) in [6.45, 7) is 3.92. The van der Waals surface area contributed by atoms with Crippen LogP contribution in [0.25, 0.3) is 0 Å². The van der Waals surface area contributed by atoms with E-state index in [1.807, 2.05) is 74.5 Å². The number of benzene rings is 2. The van der Waals surface area contributed by atoms with Crippen LogP contribution in [-0.2, 0) is 9.59 Å². The molecular formula is C20H26N2O2. The fraction of sp³-hybridized carbons (Fsp3) is 0.300. The maximum absolute atomic E-state index is 11.0. The summed E-state index contributed by atoms with van der Waals surface area (Å²) in [6.07, 6.45) is 1.53. The average molecular weight is 326 g/mol. The molecule has 2 amide bonds. The maximum Gasteiger partial charge on any atom is 0.224 e. The smallest absolute Gasteiger partial charge is 0.224 e. The van der Waals surface area contributed by atoms with Gasteiger partial charge in [0.2, 0.25) is 11.8 Å². The Morgan fingerprint density at radius 2 is 1.00 bits per heavy atom. The van der Waals surface area contributed by atoms with Crippen LogP contribution in [0.1, 0.15) is 49.7 Å². The third-order valence-electron chi connectivity index (χ3n) is 3.91. The van der Waals surface area contributed by atoms with Crippen molar-refractivity contribution in [3.05, 3.63) is 71.8 Å². The minimum atomic E-state index is -0.247. The standard InChI is InChI=1S/2C10H13NO/c2*1-2-9(10(11)12)8-6-4-3-5-7-8/h2*3-7,9H,2H2,1H3,(H2,11,12)/t2*9-/m11/s1. The third kappa shape index (κ3) is 5.88. The highest BCUT2D eigenvalue weighted by Crippen LogP contribution is 2.18. The Kier molecular flexibility index (Phi) is 8.26. The normalized spacial score (nSPS) is 12.4. The van der Waals surface area contributed by atoms with Crippen LogP contribution in [0.2, 0.25) is 0 Å². The van der Waals surface area contributed by atoms with Gasteiger partial charge >= 0.3 is 0 Å². The number of carbonyl (C=O) groups excluding carboxylic acids is 2. The molecule has 2 aromatic carbocycles. The van der Waals surface area contributed by atoms with Gasteiger partial charge < -0.3 is 11.5 Å². The molecular weight excluding hydrogens is 300 g/mol. The number of hydrogen-bond acceptors (Lipinski definition) is 2. The van der Waals surface area contributed by atoms with E-state index in [9.17, 15) is 9.59 Å². The zero-order valence-electron chi connectivity index (χ0n) is 14.3. The van der Waals surface area contributed by atoms with Gasteiger partial charge in [0.1, 0.15) is 0 Å². The molecule has 0 aliphatic carbocycles. The maximum atomic E-state index is 11.0. The second kappa shape index (κ2) is 10.2. The Labute approximate surface area is 143 Å². The van der Waals surface area contributed by atoms with Gasteiger partial charge in [0.15, 0.2) is 0 Å². The van der Waals surface area contributed by atoms with Gasteiger partial charge in [-0.05, 0) is 24.0 Å². The fourth-order valence-electron chi connectivity index (χ4n) is 2.57. The lowest BCUT2D eigenvalue weighted by Gasteiger charge is -2.09. The van der Waals surface area contributed by atoms with Crippen LogP contribution in [0.5, 0.6) is 0 Å². The van der Waals surface area contributed by atoms with E-state index in [0.29, 0.717) is 0 Å². The van der Waals surface area contributed by atoms with Crippen LogP contribution >= 0.6 is 0 Å². The van der Waals surface area contributed by atoms with Crippen molar-refractivity contribution in [2.75, 3.05) is 0 Å². The number of hydrogen-bond donors (Lipinski definition) is 2. The van der Waals surface area contributed by atoms with E-state index in [2.05, 4.69) is 0 Å². The van der Waals surface area contributed by atoms with Crippen molar-refractivity contribution in [2.24, 2.45) is 11.5 Å². The van der Waals surface area contributed by atoms with E-state index in [0.717, 1.165) is 24.0 Å². The fourth-order valence-corrected chi connectivity index (χ4v) is 2.57. The van der Waals surface area contributed by atoms with Crippen molar-refractivity contribution in [3.63, 3.8) is 0 Å². The van der Waals surface area contributed by atoms with E-state index in [1.165, 1.54) is 0 Å². The molecule has 0 saturated carbocycles. The molecule has 0 aromatic heterocycles. The Morgan fingerprint density at radius 3 is 1.21 bits per heavy atom. The van der Waals surface area contributed by atoms with Crippen LogP contribution in [-0.4, -0.2) is 11.8 Å². The molecule has 0 aliphatic rings. The molecule has 0 bridgehead atoms. The molecule has 0 unspecified atom stereocenters. The predicted octanol–water partition coefficient (Wildman–Crippen LogP) is 3.33. The SMILES string of the molecule is CC[C@@H](C(N)=O)c1ccccc1.CC[C@@H](C(N)=O)c1ccccc1. The zero-order chi connectivity index (χ0) is 17.9. The second-order valence-corrected chi connectivity index (χ2v) is 5.55. The molecule has 2 atom stereocenters. The summed E-state index contributed by atoms with van der Waals surface area (Å²) < 4.78 is 0. The first-order valence-electron chi connectivity index (χ1n) is 8.19. The third-order valence-corrected chi connectivity index (χ3v) is 3.91. The molecule has 24 heavy (non-hydrogen) atoms. The molecule has 4 nitrogen and oxygen atoms in total. The van der Waals surface area contributed by atoms with Gasteiger partial charge in [-0.1, -0.05) is 74.5 Å². The van der Waals surface area contributed by atoms with Crippen molar-refractivity contribution in [2.45, 2.75) is 38.5 Å². The van der Waals surface area contributed by atoms with E-state index < -0.39 is 0 Å². The molecule has 128 valence electrons. The van der Waals surface area contributed by atoms with Gasteiger partial charge in [-0.15, -0.1) is 0 Å². The molecule has 4 N–H and O–H groups in total. The highest BCUT2D eigenvalue weighted by Gasteiger charge is 2.14. The van der Waals surface area contributed by atoms with Gasteiger partial charge in [0.25, 0.3) is 0 Å². The molecule has 0 saturated heterocycles. The Morgan fingerprint density at radius 1 is 0.708 bits per heavy atom. The Bertz CT molecular complexity index is 569. The lowest BCUT2D eigenvalue weighted by Crippen LogP contribution is -2.20. The zero-order valence-corrected chi connectivity index (χ0v) is 14.3. The summed E-state index contributed by atoms with van der Waals surface area (Å²) in [4.78, 5) is 21.9. The van der Waals surface area contributed by atoms with Gasteiger partial charge in [-0.3, -0.25) is 9.59 Å². The van der Waals surface area contributed by atoms with Crippen molar-refractivity contribution >= 4 is 11.8 Å². The van der Waals surface area contributed by atoms with E-state index >= 15 is 0 Å². The van der Waals surface area contributed by atoms with Crippen LogP contribution in [0.4, 0.5) is 0 Å². The topological polar surface area (TPSA) is 86.2 Å². The van der Waals surface area contributed by atoms with Crippen molar-refractivity contribution in [1.29, 1.82) is 0 Å². The molecule has 2 aromatic rings. The largest absolute Gasteiger partial charge is 0.369 e. The number of nitrogens with two attached hydrogens (primary N) is 2. The molecule has 0 fully saturated rings. The lowest BCUT2D eigenvalue weighted by atomic mass is 9.96. The highest BCUT2D eigenvalue weighted by molar-refractivity contribution is 5.82. The van der Waals surface area contributed by atoms with Crippen LogP contribution in [0, 0.1) is 0 Å². The number of primary amides is 2. The van der Waals surface area contributed by atoms with Gasteiger partial charge in [-0.2, -0.15) is 0 Å². The second-order valence-electron chi connectivity index (χ2n) is 5.55. The van der Waals surface area contributed by atoms with Crippen LogP contribution < -0.4 is 11.5 Å². The quantitative estimate of drug-likeness (QED) is 0.853. The first-order valence-corrected chi connectivity index (χ1v) is 8.19. The van der Waals surface area contributed by atoms with Crippen molar-refractivity contribution < 1.29 is 9.59 Å². The summed E-state index contributed by atoms with van der Waals surface area (Å²) in [5.74, 6) is -0.759. The first-order chi connectivity index (χ1) is 11.5. The van der Waals surface area contributed by atoms with Crippen LogP contribution in [0.15, 0.2) is 60.7 Å². The molecule has 2 rings (SSSR count).